The number of hydrogen-bond donors (Lipinski definition) is 2. The standard InChI is InChI=1S/C18H22N2O4S/c1-12(2)18(21)19-17-11-14(24-4)7-10-16(17)20-25(22,23)15-8-5-13(3)6-9-15/h5-12,20H,1-4H3,(H,19,21). The minimum absolute atomic E-state index is 0.148. The summed E-state index contributed by atoms with van der Waals surface area (Å²) in [5, 5.41) is 2.72. The topological polar surface area (TPSA) is 84.5 Å². The molecule has 6 nitrogen and oxygen atoms in total. The van der Waals surface area contributed by atoms with Gasteiger partial charge in [0.05, 0.1) is 23.4 Å². The Morgan fingerprint density at radius 2 is 1.68 bits per heavy atom. The number of carbonyl (C=O) groups excluding carboxylic acids is 1. The van der Waals surface area contributed by atoms with Crippen molar-refractivity contribution in [2.24, 2.45) is 5.92 Å². The average Bonchev–Trinajstić information content (AvgIpc) is 2.56. The fraction of sp³-hybridized carbons (Fsp3) is 0.278. The smallest absolute Gasteiger partial charge is 0.261 e. The monoisotopic (exact) mass is 362 g/mol. The van der Waals surface area contributed by atoms with Crippen LogP contribution in [-0.4, -0.2) is 21.4 Å². The highest BCUT2D eigenvalue weighted by Gasteiger charge is 2.18. The summed E-state index contributed by atoms with van der Waals surface area (Å²) in [5.41, 5.74) is 1.58. The second-order valence-electron chi connectivity index (χ2n) is 5.97. The van der Waals surface area contributed by atoms with Crippen molar-refractivity contribution in [1.29, 1.82) is 0 Å². The van der Waals surface area contributed by atoms with E-state index in [0.29, 0.717) is 11.4 Å². The molecule has 0 aromatic heterocycles. The summed E-state index contributed by atoms with van der Waals surface area (Å²) < 4.78 is 32.8. The molecule has 0 radical (unpaired) electrons. The molecule has 2 N–H and O–H groups in total. The largest absolute Gasteiger partial charge is 0.497 e. The maximum atomic E-state index is 12.6. The molecule has 0 unspecified atom stereocenters. The van der Waals surface area contributed by atoms with Crippen LogP contribution in [0.2, 0.25) is 0 Å². The van der Waals surface area contributed by atoms with Gasteiger partial charge in [0.1, 0.15) is 5.75 Å². The van der Waals surface area contributed by atoms with Gasteiger partial charge < -0.3 is 10.1 Å². The minimum atomic E-state index is -3.77. The van der Waals surface area contributed by atoms with Crippen LogP contribution in [0.25, 0.3) is 0 Å². The van der Waals surface area contributed by atoms with Gasteiger partial charge in [-0.2, -0.15) is 0 Å². The maximum Gasteiger partial charge on any atom is 0.261 e. The number of methoxy groups -OCH3 is 1. The van der Waals surface area contributed by atoms with Crippen molar-refractivity contribution in [3.63, 3.8) is 0 Å². The summed E-state index contributed by atoms with van der Waals surface area (Å²) >= 11 is 0. The van der Waals surface area contributed by atoms with Gasteiger partial charge in [-0.1, -0.05) is 31.5 Å². The molecule has 2 rings (SSSR count). The molecule has 2 aromatic rings. The fourth-order valence-electron chi connectivity index (χ4n) is 2.04. The highest BCUT2D eigenvalue weighted by Crippen LogP contribution is 2.29. The molecule has 134 valence electrons. The Hall–Kier alpha value is -2.54. The van der Waals surface area contributed by atoms with Crippen molar-refractivity contribution in [2.45, 2.75) is 25.7 Å². The Kier molecular flexibility index (Phi) is 5.69. The number of aryl methyl sites for hydroxylation is 1. The number of amides is 1. The first-order valence-electron chi connectivity index (χ1n) is 7.81. The first kappa shape index (κ1) is 18.8. The zero-order valence-corrected chi connectivity index (χ0v) is 15.5. The Morgan fingerprint density at radius 3 is 2.24 bits per heavy atom. The van der Waals surface area contributed by atoms with E-state index >= 15 is 0 Å². The van der Waals surface area contributed by atoms with Crippen LogP contribution in [0.1, 0.15) is 19.4 Å². The van der Waals surface area contributed by atoms with Gasteiger partial charge in [0, 0.05) is 12.0 Å². The second kappa shape index (κ2) is 7.57. The molecule has 0 bridgehead atoms. The molecule has 0 atom stereocenters. The van der Waals surface area contributed by atoms with Gasteiger partial charge in [0.2, 0.25) is 5.91 Å². The number of nitrogens with one attached hydrogen (secondary N) is 2. The van der Waals surface area contributed by atoms with E-state index in [-0.39, 0.29) is 22.4 Å². The normalized spacial score (nSPS) is 11.2. The average molecular weight is 362 g/mol. The second-order valence-corrected chi connectivity index (χ2v) is 7.66. The molecule has 0 aliphatic heterocycles. The van der Waals surface area contributed by atoms with E-state index in [1.165, 1.54) is 19.2 Å². The molecular weight excluding hydrogens is 340 g/mol. The first-order chi connectivity index (χ1) is 11.7. The van der Waals surface area contributed by atoms with Gasteiger partial charge in [0.25, 0.3) is 10.0 Å². The third kappa shape index (κ3) is 4.73. The Balaban J connectivity index is 2.37. The first-order valence-corrected chi connectivity index (χ1v) is 9.29. The molecule has 0 saturated heterocycles. The van der Waals surface area contributed by atoms with Crippen LogP contribution in [0.5, 0.6) is 5.75 Å². The summed E-state index contributed by atoms with van der Waals surface area (Å²) in [5.74, 6) is 0.0501. The summed E-state index contributed by atoms with van der Waals surface area (Å²) in [7, 11) is -2.27. The van der Waals surface area contributed by atoms with Crippen molar-refractivity contribution in [3.05, 3.63) is 48.0 Å². The van der Waals surface area contributed by atoms with Crippen molar-refractivity contribution in [1.82, 2.24) is 0 Å². The van der Waals surface area contributed by atoms with Crippen LogP contribution < -0.4 is 14.8 Å². The van der Waals surface area contributed by atoms with Crippen LogP contribution in [0, 0.1) is 12.8 Å². The lowest BCUT2D eigenvalue weighted by Crippen LogP contribution is -2.20. The zero-order chi connectivity index (χ0) is 18.6. The van der Waals surface area contributed by atoms with Crippen LogP contribution in [-0.2, 0) is 14.8 Å². The molecule has 0 aliphatic carbocycles. The predicted octanol–water partition coefficient (Wildman–Crippen LogP) is 3.40. The minimum Gasteiger partial charge on any atom is -0.497 e. The molecule has 0 fully saturated rings. The lowest BCUT2D eigenvalue weighted by atomic mass is 10.2. The predicted molar refractivity (Wildman–Crippen MR) is 98.4 cm³/mol. The number of rotatable bonds is 6. The lowest BCUT2D eigenvalue weighted by molar-refractivity contribution is -0.118. The van der Waals surface area contributed by atoms with Crippen LogP contribution >= 0.6 is 0 Å². The van der Waals surface area contributed by atoms with Crippen molar-refractivity contribution in [3.8, 4) is 5.75 Å². The molecule has 2 aromatic carbocycles. The van der Waals surface area contributed by atoms with Gasteiger partial charge >= 0.3 is 0 Å². The number of benzene rings is 2. The number of sulfonamides is 1. The summed E-state index contributed by atoms with van der Waals surface area (Å²) in [6.07, 6.45) is 0. The lowest BCUT2D eigenvalue weighted by Gasteiger charge is -2.16. The van der Waals surface area contributed by atoms with E-state index in [1.807, 2.05) is 6.92 Å². The van der Waals surface area contributed by atoms with E-state index in [2.05, 4.69) is 10.0 Å². The van der Waals surface area contributed by atoms with Gasteiger partial charge in [-0.3, -0.25) is 9.52 Å². The van der Waals surface area contributed by atoms with Gasteiger partial charge in [-0.05, 0) is 31.2 Å². The molecule has 0 saturated carbocycles. The summed E-state index contributed by atoms with van der Waals surface area (Å²) in [4.78, 5) is 12.2. The van der Waals surface area contributed by atoms with E-state index in [1.54, 1.807) is 44.2 Å². The third-order valence-corrected chi connectivity index (χ3v) is 4.97. The van der Waals surface area contributed by atoms with Crippen molar-refractivity contribution < 1.29 is 17.9 Å². The summed E-state index contributed by atoms with van der Waals surface area (Å²) in [6, 6.07) is 11.3. The number of hydrogen-bond acceptors (Lipinski definition) is 4. The van der Waals surface area contributed by atoms with Crippen LogP contribution in [0.3, 0.4) is 0 Å². The summed E-state index contributed by atoms with van der Waals surface area (Å²) in [6.45, 7) is 5.39. The Morgan fingerprint density at radius 1 is 1.04 bits per heavy atom. The highest BCUT2D eigenvalue weighted by atomic mass is 32.2. The zero-order valence-electron chi connectivity index (χ0n) is 14.7. The fourth-order valence-corrected chi connectivity index (χ4v) is 3.12. The Labute approximate surface area is 148 Å². The van der Waals surface area contributed by atoms with Crippen LogP contribution in [0.4, 0.5) is 11.4 Å². The molecule has 25 heavy (non-hydrogen) atoms. The maximum absolute atomic E-state index is 12.6. The number of ether oxygens (including phenoxy) is 1. The van der Waals surface area contributed by atoms with Gasteiger partial charge in [0.15, 0.2) is 0 Å². The molecular formula is C18H22N2O4S. The van der Waals surface area contributed by atoms with E-state index in [0.717, 1.165) is 5.56 Å². The Bertz CT molecular complexity index is 859. The highest BCUT2D eigenvalue weighted by molar-refractivity contribution is 7.92. The molecule has 0 spiro atoms. The molecule has 1 amide bonds. The molecule has 0 heterocycles. The van der Waals surface area contributed by atoms with E-state index < -0.39 is 10.0 Å². The van der Waals surface area contributed by atoms with Crippen molar-refractivity contribution >= 4 is 27.3 Å². The van der Waals surface area contributed by atoms with E-state index in [4.69, 9.17) is 4.74 Å². The quantitative estimate of drug-likeness (QED) is 0.825. The van der Waals surface area contributed by atoms with Crippen LogP contribution in [0.15, 0.2) is 47.4 Å². The third-order valence-electron chi connectivity index (χ3n) is 3.58. The van der Waals surface area contributed by atoms with Crippen molar-refractivity contribution in [2.75, 3.05) is 17.1 Å². The van der Waals surface area contributed by atoms with E-state index in [9.17, 15) is 13.2 Å². The molecule has 7 heteroatoms. The van der Waals surface area contributed by atoms with Gasteiger partial charge in [-0.15, -0.1) is 0 Å². The molecule has 0 aliphatic rings. The van der Waals surface area contributed by atoms with Gasteiger partial charge in [-0.25, -0.2) is 8.42 Å². The number of carbonyl (C=O) groups is 1. The SMILES string of the molecule is COc1ccc(NS(=O)(=O)c2ccc(C)cc2)c(NC(=O)C(C)C)c1. The number of anilines is 2.